The number of ether oxygens (including phenoxy) is 1. The average Bonchev–Trinajstić information content (AvgIpc) is 2.21. The van der Waals surface area contributed by atoms with Gasteiger partial charge >= 0.3 is 5.97 Å². The fraction of sp³-hybridized carbons (Fsp3) is 0.300. The van der Waals surface area contributed by atoms with Crippen LogP contribution in [0.2, 0.25) is 5.02 Å². The van der Waals surface area contributed by atoms with Gasteiger partial charge in [-0.25, -0.2) is 4.39 Å². The molecular formula is C10H10ClFO4. The molecule has 1 aromatic rings. The quantitative estimate of drug-likeness (QED) is 0.862. The minimum atomic E-state index is -1.19. The summed E-state index contributed by atoms with van der Waals surface area (Å²) in [7, 11) is 1.24. The van der Waals surface area contributed by atoms with Crippen LogP contribution in [-0.2, 0) is 4.79 Å². The Morgan fingerprint density at radius 1 is 1.62 bits per heavy atom. The van der Waals surface area contributed by atoms with Crippen molar-refractivity contribution >= 4 is 17.6 Å². The third kappa shape index (κ3) is 2.04. The normalized spacial score (nSPS) is 12.2. The molecule has 0 saturated carbocycles. The van der Waals surface area contributed by atoms with Crippen molar-refractivity contribution in [2.45, 2.75) is 12.8 Å². The van der Waals surface area contributed by atoms with E-state index < -0.39 is 23.5 Å². The Morgan fingerprint density at radius 2 is 2.19 bits per heavy atom. The van der Waals surface area contributed by atoms with E-state index in [0.717, 1.165) is 6.07 Å². The van der Waals surface area contributed by atoms with E-state index in [-0.39, 0.29) is 16.3 Å². The van der Waals surface area contributed by atoms with Gasteiger partial charge in [0.05, 0.1) is 18.1 Å². The molecule has 1 rings (SSSR count). The summed E-state index contributed by atoms with van der Waals surface area (Å²) in [4.78, 5) is 10.8. The minimum Gasteiger partial charge on any atom is -0.504 e. The van der Waals surface area contributed by atoms with Gasteiger partial charge in [0.25, 0.3) is 0 Å². The predicted molar refractivity (Wildman–Crippen MR) is 55.7 cm³/mol. The highest BCUT2D eigenvalue weighted by atomic mass is 35.5. The lowest BCUT2D eigenvalue weighted by molar-refractivity contribution is -0.138. The number of rotatable bonds is 3. The molecule has 0 heterocycles. The standard InChI is InChI=1S/C10H10ClFO4/c1-4(10(14)15)7-8(11)5(12)3-6(13)9(7)16-2/h3-4,13H,1-2H3,(H,14,15). The summed E-state index contributed by atoms with van der Waals surface area (Å²) in [6.07, 6.45) is 0. The molecule has 2 N–H and O–H groups in total. The molecule has 0 amide bonds. The highest BCUT2D eigenvalue weighted by Gasteiger charge is 2.26. The summed E-state index contributed by atoms with van der Waals surface area (Å²) in [6, 6.07) is 0.777. The molecule has 0 spiro atoms. The number of carboxylic acid groups (broad SMARTS) is 1. The van der Waals surface area contributed by atoms with Crippen molar-refractivity contribution < 1.29 is 24.1 Å². The van der Waals surface area contributed by atoms with Crippen molar-refractivity contribution in [3.05, 3.63) is 22.5 Å². The third-order valence-corrected chi connectivity index (χ3v) is 2.58. The van der Waals surface area contributed by atoms with Gasteiger partial charge in [-0.2, -0.15) is 0 Å². The van der Waals surface area contributed by atoms with E-state index in [1.54, 1.807) is 0 Å². The van der Waals surface area contributed by atoms with Gasteiger partial charge in [-0.05, 0) is 6.92 Å². The Kier molecular flexibility index (Phi) is 3.59. The first-order valence-electron chi connectivity index (χ1n) is 4.37. The molecule has 0 fully saturated rings. The van der Waals surface area contributed by atoms with Gasteiger partial charge in [0.15, 0.2) is 11.5 Å². The zero-order chi connectivity index (χ0) is 12.5. The molecule has 1 atom stereocenters. The number of halogens is 2. The molecule has 0 aliphatic carbocycles. The van der Waals surface area contributed by atoms with Crippen LogP contribution in [0.5, 0.6) is 11.5 Å². The lowest BCUT2D eigenvalue weighted by atomic mass is 9.99. The molecule has 0 saturated heterocycles. The first-order chi connectivity index (χ1) is 7.40. The molecule has 16 heavy (non-hydrogen) atoms. The number of hydrogen-bond donors (Lipinski definition) is 2. The zero-order valence-electron chi connectivity index (χ0n) is 8.62. The third-order valence-electron chi connectivity index (χ3n) is 2.19. The second kappa shape index (κ2) is 4.57. The summed E-state index contributed by atoms with van der Waals surface area (Å²) in [6.45, 7) is 1.32. The van der Waals surface area contributed by atoms with Gasteiger partial charge in [-0.15, -0.1) is 0 Å². The topological polar surface area (TPSA) is 66.8 Å². The van der Waals surface area contributed by atoms with Gasteiger partial charge in [0.2, 0.25) is 0 Å². The number of benzene rings is 1. The van der Waals surface area contributed by atoms with E-state index in [1.165, 1.54) is 14.0 Å². The number of hydrogen-bond acceptors (Lipinski definition) is 3. The van der Waals surface area contributed by atoms with Crippen molar-refractivity contribution in [1.29, 1.82) is 0 Å². The highest BCUT2D eigenvalue weighted by Crippen LogP contribution is 2.41. The van der Waals surface area contributed by atoms with E-state index in [0.29, 0.717) is 0 Å². The van der Waals surface area contributed by atoms with Crippen LogP contribution in [0.25, 0.3) is 0 Å². The largest absolute Gasteiger partial charge is 0.504 e. The summed E-state index contributed by atoms with van der Waals surface area (Å²) in [5.41, 5.74) is -0.0748. The van der Waals surface area contributed by atoms with Crippen LogP contribution in [0.3, 0.4) is 0 Å². The lowest BCUT2D eigenvalue weighted by Crippen LogP contribution is -2.10. The molecule has 0 aromatic heterocycles. The summed E-state index contributed by atoms with van der Waals surface area (Å²) >= 11 is 5.66. The number of phenolic OH excluding ortho intramolecular Hbond substituents is 1. The lowest BCUT2D eigenvalue weighted by Gasteiger charge is -2.15. The Morgan fingerprint density at radius 3 is 2.62 bits per heavy atom. The zero-order valence-corrected chi connectivity index (χ0v) is 9.38. The second-order valence-electron chi connectivity index (χ2n) is 3.20. The molecule has 0 aliphatic rings. The molecule has 4 nitrogen and oxygen atoms in total. The van der Waals surface area contributed by atoms with Crippen molar-refractivity contribution in [2.24, 2.45) is 0 Å². The highest BCUT2D eigenvalue weighted by molar-refractivity contribution is 6.32. The van der Waals surface area contributed by atoms with Crippen LogP contribution in [0.1, 0.15) is 18.4 Å². The van der Waals surface area contributed by atoms with E-state index in [1.807, 2.05) is 0 Å². The number of carbonyl (C=O) groups is 1. The van der Waals surface area contributed by atoms with Crippen LogP contribution < -0.4 is 4.74 Å². The maximum absolute atomic E-state index is 13.2. The first-order valence-corrected chi connectivity index (χ1v) is 4.75. The van der Waals surface area contributed by atoms with Gasteiger partial charge in [0, 0.05) is 11.6 Å². The monoisotopic (exact) mass is 248 g/mol. The Hall–Kier alpha value is -1.49. The summed E-state index contributed by atoms with van der Waals surface area (Å²) < 4.78 is 18.1. The fourth-order valence-corrected chi connectivity index (χ4v) is 1.64. The second-order valence-corrected chi connectivity index (χ2v) is 3.58. The Labute approximate surface area is 96.2 Å². The van der Waals surface area contributed by atoms with E-state index in [2.05, 4.69) is 0 Å². The minimum absolute atomic E-state index is 0.0748. The number of aromatic hydroxyl groups is 1. The molecular weight excluding hydrogens is 239 g/mol. The maximum atomic E-state index is 13.2. The number of phenols is 1. The molecule has 0 bridgehead atoms. The van der Waals surface area contributed by atoms with Gasteiger partial charge in [0.1, 0.15) is 5.82 Å². The van der Waals surface area contributed by atoms with Crippen LogP contribution in [0.15, 0.2) is 6.07 Å². The smallest absolute Gasteiger partial charge is 0.310 e. The van der Waals surface area contributed by atoms with Crippen molar-refractivity contribution in [3.63, 3.8) is 0 Å². The van der Waals surface area contributed by atoms with Crippen LogP contribution in [0.4, 0.5) is 4.39 Å². The van der Waals surface area contributed by atoms with Crippen LogP contribution >= 0.6 is 11.6 Å². The van der Waals surface area contributed by atoms with Crippen LogP contribution in [0, 0.1) is 5.82 Å². The van der Waals surface area contributed by atoms with Gasteiger partial charge < -0.3 is 14.9 Å². The SMILES string of the molecule is COc1c(O)cc(F)c(Cl)c1C(C)C(=O)O. The van der Waals surface area contributed by atoms with E-state index in [4.69, 9.17) is 21.4 Å². The first kappa shape index (κ1) is 12.6. The Bertz CT molecular complexity index is 433. The number of aliphatic carboxylic acids is 1. The van der Waals surface area contributed by atoms with Crippen LogP contribution in [-0.4, -0.2) is 23.3 Å². The summed E-state index contributed by atoms with van der Waals surface area (Å²) in [5, 5.41) is 17.9. The number of methoxy groups -OCH3 is 1. The molecule has 6 heteroatoms. The maximum Gasteiger partial charge on any atom is 0.310 e. The molecule has 1 unspecified atom stereocenters. The summed E-state index contributed by atoms with van der Waals surface area (Å²) in [5.74, 6) is -3.76. The molecule has 1 aromatic carbocycles. The molecule has 0 aliphatic heterocycles. The average molecular weight is 249 g/mol. The van der Waals surface area contributed by atoms with Crippen molar-refractivity contribution in [2.75, 3.05) is 7.11 Å². The van der Waals surface area contributed by atoms with E-state index in [9.17, 15) is 14.3 Å². The molecule has 88 valence electrons. The number of carboxylic acids is 1. The van der Waals surface area contributed by atoms with Gasteiger partial charge in [-0.1, -0.05) is 11.6 Å². The molecule has 0 radical (unpaired) electrons. The fourth-order valence-electron chi connectivity index (χ4n) is 1.34. The van der Waals surface area contributed by atoms with Crippen molar-refractivity contribution in [3.8, 4) is 11.5 Å². The van der Waals surface area contributed by atoms with Gasteiger partial charge in [-0.3, -0.25) is 4.79 Å². The predicted octanol–water partition coefficient (Wildman–Crippen LogP) is 2.38. The Balaban J connectivity index is 3.50. The van der Waals surface area contributed by atoms with Crippen molar-refractivity contribution in [1.82, 2.24) is 0 Å². The van der Waals surface area contributed by atoms with E-state index >= 15 is 0 Å².